The molecule has 0 heterocycles. The number of aliphatic hydroxyl groups excluding tert-OH is 1. The van der Waals surface area contributed by atoms with Crippen molar-refractivity contribution in [2.75, 3.05) is 6.61 Å². The summed E-state index contributed by atoms with van der Waals surface area (Å²) in [5.41, 5.74) is 0.791. The van der Waals surface area contributed by atoms with E-state index >= 15 is 0 Å². The van der Waals surface area contributed by atoms with Crippen molar-refractivity contribution in [1.82, 2.24) is 0 Å². The molecular weight excluding hydrogens is 248 g/mol. The van der Waals surface area contributed by atoms with E-state index in [2.05, 4.69) is 15.9 Å². The third kappa shape index (κ3) is 2.68. The lowest BCUT2D eigenvalue weighted by Crippen LogP contribution is -1.99. The van der Waals surface area contributed by atoms with Crippen LogP contribution < -0.4 is 0 Å². The van der Waals surface area contributed by atoms with Gasteiger partial charge in [0, 0.05) is 4.47 Å². The molecule has 2 N–H and O–H groups in total. The summed E-state index contributed by atoms with van der Waals surface area (Å²) in [6.45, 7) is -0.102. The molecule has 0 aromatic heterocycles. The summed E-state index contributed by atoms with van der Waals surface area (Å²) in [4.78, 5) is 10.8. The van der Waals surface area contributed by atoms with Crippen molar-refractivity contribution < 1.29 is 15.0 Å². The van der Waals surface area contributed by atoms with Gasteiger partial charge in [-0.1, -0.05) is 34.1 Å². The largest absolute Gasteiger partial charge is 0.478 e. The summed E-state index contributed by atoms with van der Waals surface area (Å²) in [5, 5.41) is 17.4. The monoisotopic (exact) mass is 256 g/mol. The summed E-state index contributed by atoms with van der Waals surface area (Å²) in [6, 6.07) is 4.96. The zero-order chi connectivity index (χ0) is 10.6. The molecular formula is C10H9BrO3. The zero-order valence-corrected chi connectivity index (χ0v) is 8.86. The van der Waals surface area contributed by atoms with Crippen LogP contribution in [0.25, 0.3) is 6.08 Å². The Morgan fingerprint density at radius 3 is 2.79 bits per heavy atom. The molecule has 0 aliphatic rings. The standard InChI is InChI=1S/C10H9BrO3/c11-8-4-3-7(2-1-5-12)9(6-8)10(13)14/h1-4,6,12H,5H2,(H,13,14). The smallest absolute Gasteiger partial charge is 0.336 e. The second-order valence-electron chi connectivity index (χ2n) is 2.62. The quantitative estimate of drug-likeness (QED) is 0.872. The molecule has 1 rings (SSSR count). The van der Waals surface area contributed by atoms with Crippen LogP contribution in [0, 0.1) is 0 Å². The maximum atomic E-state index is 10.8. The first-order chi connectivity index (χ1) is 6.65. The number of aliphatic hydroxyl groups is 1. The van der Waals surface area contributed by atoms with Crippen LogP contribution in [-0.4, -0.2) is 22.8 Å². The lowest BCUT2D eigenvalue weighted by molar-refractivity contribution is 0.0696. The fourth-order valence-electron chi connectivity index (χ4n) is 1.04. The van der Waals surface area contributed by atoms with Crippen molar-refractivity contribution in [2.45, 2.75) is 0 Å². The van der Waals surface area contributed by atoms with E-state index in [1.807, 2.05) is 0 Å². The van der Waals surface area contributed by atoms with Gasteiger partial charge in [0.15, 0.2) is 0 Å². The second kappa shape index (κ2) is 4.93. The van der Waals surface area contributed by atoms with Gasteiger partial charge < -0.3 is 10.2 Å². The Labute approximate surface area is 89.8 Å². The SMILES string of the molecule is O=C(O)c1cc(Br)ccc1C=CCO. The van der Waals surface area contributed by atoms with Crippen LogP contribution >= 0.6 is 15.9 Å². The maximum Gasteiger partial charge on any atom is 0.336 e. The first-order valence-corrected chi connectivity index (χ1v) is 4.74. The van der Waals surface area contributed by atoms with Gasteiger partial charge in [0.1, 0.15) is 0 Å². The predicted molar refractivity (Wildman–Crippen MR) is 57.2 cm³/mol. The fraction of sp³-hybridized carbons (Fsp3) is 0.100. The molecule has 3 nitrogen and oxygen atoms in total. The van der Waals surface area contributed by atoms with Gasteiger partial charge in [-0.2, -0.15) is 0 Å². The number of hydrogen-bond acceptors (Lipinski definition) is 2. The van der Waals surface area contributed by atoms with E-state index in [-0.39, 0.29) is 12.2 Å². The van der Waals surface area contributed by atoms with Gasteiger partial charge in [0.2, 0.25) is 0 Å². The van der Waals surface area contributed by atoms with Gasteiger partial charge in [-0.3, -0.25) is 0 Å². The van der Waals surface area contributed by atoms with E-state index in [0.717, 1.165) is 4.47 Å². The fourth-order valence-corrected chi connectivity index (χ4v) is 1.40. The van der Waals surface area contributed by atoms with E-state index in [4.69, 9.17) is 10.2 Å². The number of aromatic carboxylic acids is 1. The highest BCUT2D eigenvalue weighted by atomic mass is 79.9. The molecule has 1 aromatic rings. The summed E-state index contributed by atoms with van der Waals surface area (Å²) in [5.74, 6) is -0.983. The molecule has 0 radical (unpaired) electrons. The van der Waals surface area contributed by atoms with E-state index < -0.39 is 5.97 Å². The minimum atomic E-state index is -0.983. The van der Waals surface area contributed by atoms with Crippen LogP contribution in [0.1, 0.15) is 15.9 Å². The second-order valence-corrected chi connectivity index (χ2v) is 3.54. The van der Waals surface area contributed by atoms with E-state index in [0.29, 0.717) is 5.56 Å². The Bertz CT molecular complexity index is 372. The summed E-state index contributed by atoms with van der Waals surface area (Å²) in [6.07, 6.45) is 3.07. The highest BCUT2D eigenvalue weighted by Gasteiger charge is 2.07. The van der Waals surface area contributed by atoms with Crippen molar-refractivity contribution in [3.8, 4) is 0 Å². The van der Waals surface area contributed by atoms with Crippen molar-refractivity contribution in [3.05, 3.63) is 39.9 Å². The van der Waals surface area contributed by atoms with Crippen LogP contribution in [0.2, 0.25) is 0 Å². The highest BCUT2D eigenvalue weighted by molar-refractivity contribution is 9.10. The Hall–Kier alpha value is -1.13. The van der Waals surface area contributed by atoms with Gasteiger partial charge in [0.25, 0.3) is 0 Å². The van der Waals surface area contributed by atoms with E-state index in [1.54, 1.807) is 18.2 Å². The number of halogens is 1. The molecule has 1 aromatic carbocycles. The predicted octanol–water partition coefficient (Wildman–Crippen LogP) is 2.15. The van der Waals surface area contributed by atoms with E-state index in [1.165, 1.54) is 12.1 Å². The number of carbonyl (C=O) groups is 1. The Balaban J connectivity index is 3.15. The van der Waals surface area contributed by atoms with Crippen molar-refractivity contribution in [3.63, 3.8) is 0 Å². The summed E-state index contributed by atoms with van der Waals surface area (Å²) < 4.78 is 0.719. The lowest BCUT2D eigenvalue weighted by Gasteiger charge is -2.01. The zero-order valence-electron chi connectivity index (χ0n) is 7.27. The number of hydrogen-bond donors (Lipinski definition) is 2. The number of rotatable bonds is 3. The van der Waals surface area contributed by atoms with Crippen LogP contribution in [-0.2, 0) is 0 Å². The molecule has 0 saturated carbocycles. The van der Waals surface area contributed by atoms with Gasteiger partial charge in [-0.15, -0.1) is 0 Å². The average molecular weight is 257 g/mol. The molecule has 0 unspecified atom stereocenters. The van der Waals surface area contributed by atoms with Crippen molar-refractivity contribution >= 4 is 28.0 Å². The van der Waals surface area contributed by atoms with Crippen LogP contribution in [0.3, 0.4) is 0 Å². The Kier molecular flexibility index (Phi) is 3.85. The average Bonchev–Trinajstić information content (AvgIpc) is 2.15. The third-order valence-corrected chi connectivity index (χ3v) is 2.14. The van der Waals surface area contributed by atoms with E-state index in [9.17, 15) is 4.79 Å². The number of benzene rings is 1. The number of carboxylic acids is 1. The molecule has 0 bridgehead atoms. The molecule has 0 aliphatic heterocycles. The van der Waals surface area contributed by atoms with Crippen LogP contribution in [0.15, 0.2) is 28.7 Å². The minimum absolute atomic E-state index is 0.102. The van der Waals surface area contributed by atoms with Gasteiger partial charge in [-0.25, -0.2) is 4.79 Å². The maximum absolute atomic E-state index is 10.8. The first kappa shape index (κ1) is 10.9. The molecule has 0 saturated heterocycles. The molecule has 0 atom stereocenters. The van der Waals surface area contributed by atoms with Crippen molar-refractivity contribution in [2.24, 2.45) is 0 Å². The third-order valence-electron chi connectivity index (χ3n) is 1.65. The van der Waals surface area contributed by atoms with Gasteiger partial charge in [-0.05, 0) is 17.7 Å². The molecule has 0 aliphatic carbocycles. The molecule has 4 heteroatoms. The molecule has 0 amide bonds. The van der Waals surface area contributed by atoms with Crippen LogP contribution in [0.5, 0.6) is 0 Å². The Morgan fingerprint density at radius 1 is 1.50 bits per heavy atom. The summed E-state index contributed by atoms with van der Waals surface area (Å²) in [7, 11) is 0. The Morgan fingerprint density at radius 2 is 2.21 bits per heavy atom. The normalized spacial score (nSPS) is 10.7. The highest BCUT2D eigenvalue weighted by Crippen LogP contribution is 2.17. The molecule has 0 fully saturated rings. The number of carboxylic acid groups (broad SMARTS) is 1. The van der Waals surface area contributed by atoms with Gasteiger partial charge in [0.05, 0.1) is 12.2 Å². The summed E-state index contributed by atoms with van der Waals surface area (Å²) >= 11 is 3.20. The molecule has 74 valence electrons. The topological polar surface area (TPSA) is 57.5 Å². The van der Waals surface area contributed by atoms with Crippen LogP contribution in [0.4, 0.5) is 0 Å². The lowest BCUT2D eigenvalue weighted by atomic mass is 10.1. The molecule has 0 spiro atoms. The van der Waals surface area contributed by atoms with Crippen molar-refractivity contribution in [1.29, 1.82) is 0 Å². The molecule has 14 heavy (non-hydrogen) atoms. The minimum Gasteiger partial charge on any atom is -0.478 e. The first-order valence-electron chi connectivity index (χ1n) is 3.95. The van der Waals surface area contributed by atoms with Gasteiger partial charge >= 0.3 is 5.97 Å².